The molecule has 0 unspecified atom stereocenters. The zero-order valence-corrected chi connectivity index (χ0v) is 8.31. The summed E-state index contributed by atoms with van der Waals surface area (Å²) in [6.07, 6.45) is 5.26. The summed E-state index contributed by atoms with van der Waals surface area (Å²) >= 11 is 0. The van der Waals surface area contributed by atoms with Crippen LogP contribution in [0, 0.1) is 0 Å². The minimum absolute atomic E-state index is 0.474. The van der Waals surface area contributed by atoms with Gasteiger partial charge in [0.05, 0.1) is 0 Å². The smallest absolute Gasteiger partial charge is 0.252 e. The maximum atomic E-state index is 4.17. The van der Waals surface area contributed by atoms with E-state index in [1.165, 1.54) is 6.33 Å². The molecule has 5 heteroatoms. The molecule has 0 atom stereocenters. The van der Waals surface area contributed by atoms with Gasteiger partial charge in [0, 0.05) is 30.5 Å². The summed E-state index contributed by atoms with van der Waals surface area (Å²) in [6, 6.07) is 0.474. The van der Waals surface area contributed by atoms with Gasteiger partial charge in [0.25, 0.3) is 5.78 Å². The summed E-state index contributed by atoms with van der Waals surface area (Å²) in [5.41, 5.74) is 1.11. The Bertz CT molecular complexity index is 420. The predicted octanol–water partition coefficient (Wildman–Crippen LogP) is 0.622. The van der Waals surface area contributed by atoms with Gasteiger partial charge in [0.2, 0.25) is 0 Å². The minimum atomic E-state index is 0.474. The lowest BCUT2D eigenvalue weighted by Crippen LogP contribution is -2.22. The lowest BCUT2D eigenvalue weighted by molar-refractivity contribution is 0.586. The molecule has 2 rings (SSSR count). The van der Waals surface area contributed by atoms with Crippen LogP contribution in [-0.4, -0.2) is 25.6 Å². The van der Waals surface area contributed by atoms with Crippen molar-refractivity contribution in [1.29, 1.82) is 0 Å². The van der Waals surface area contributed by atoms with Crippen molar-refractivity contribution < 1.29 is 0 Å². The highest BCUT2D eigenvalue weighted by Gasteiger charge is 1.99. The van der Waals surface area contributed by atoms with Crippen molar-refractivity contribution in [3.63, 3.8) is 0 Å². The largest absolute Gasteiger partial charge is 0.310 e. The molecule has 0 aliphatic heterocycles. The molecule has 74 valence electrons. The van der Waals surface area contributed by atoms with E-state index in [2.05, 4.69) is 34.2 Å². The van der Waals surface area contributed by atoms with E-state index in [0.717, 1.165) is 12.1 Å². The fourth-order valence-corrected chi connectivity index (χ4v) is 1.17. The first kappa shape index (κ1) is 9.08. The molecule has 0 radical (unpaired) electrons. The fourth-order valence-electron chi connectivity index (χ4n) is 1.17. The van der Waals surface area contributed by atoms with Crippen molar-refractivity contribution in [3.8, 4) is 0 Å². The van der Waals surface area contributed by atoms with Gasteiger partial charge >= 0.3 is 0 Å². The first-order valence-electron chi connectivity index (χ1n) is 4.63. The summed E-state index contributed by atoms with van der Waals surface area (Å²) < 4.78 is 1.68. The van der Waals surface area contributed by atoms with E-state index in [1.807, 2.05) is 12.4 Å². The van der Waals surface area contributed by atoms with E-state index in [0.29, 0.717) is 11.8 Å². The maximum Gasteiger partial charge on any atom is 0.252 e. The highest BCUT2D eigenvalue weighted by atomic mass is 15.3. The van der Waals surface area contributed by atoms with Gasteiger partial charge in [-0.1, -0.05) is 13.8 Å². The molecule has 2 heterocycles. The minimum Gasteiger partial charge on any atom is -0.310 e. The van der Waals surface area contributed by atoms with Crippen molar-refractivity contribution in [2.24, 2.45) is 0 Å². The SMILES string of the molecule is CC(C)NCc1cnc2ncnn2c1. The Balaban J connectivity index is 2.17. The highest BCUT2D eigenvalue weighted by Crippen LogP contribution is 1.99. The summed E-state index contributed by atoms with van der Waals surface area (Å²) in [5.74, 6) is 0.637. The predicted molar refractivity (Wildman–Crippen MR) is 52.8 cm³/mol. The van der Waals surface area contributed by atoms with Crippen molar-refractivity contribution in [2.45, 2.75) is 26.4 Å². The molecule has 0 fully saturated rings. The van der Waals surface area contributed by atoms with Crippen LogP contribution in [0.3, 0.4) is 0 Å². The number of hydrogen-bond donors (Lipinski definition) is 1. The zero-order chi connectivity index (χ0) is 9.97. The molecule has 5 nitrogen and oxygen atoms in total. The molecule has 0 spiro atoms. The van der Waals surface area contributed by atoms with Crippen LogP contribution in [0.5, 0.6) is 0 Å². The van der Waals surface area contributed by atoms with Crippen LogP contribution in [0.4, 0.5) is 0 Å². The monoisotopic (exact) mass is 191 g/mol. The van der Waals surface area contributed by atoms with Crippen molar-refractivity contribution in [1.82, 2.24) is 24.9 Å². The number of fused-ring (bicyclic) bond motifs is 1. The highest BCUT2D eigenvalue weighted by molar-refractivity contribution is 5.25. The molecule has 0 bridgehead atoms. The Morgan fingerprint density at radius 1 is 1.43 bits per heavy atom. The summed E-state index contributed by atoms with van der Waals surface area (Å²) in [6.45, 7) is 5.03. The first-order chi connectivity index (χ1) is 6.75. The molecule has 0 amide bonds. The second-order valence-corrected chi connectivity index (χ2v) is 3.50. The summed E-state index contributed by atoms with van der Waals surface area (Å²) in [4.78, 5) is 8.14. The van der Waals surface area contributed by atoms with E-state index >= 15 is 0 Å². The molecule has 2 aromatic rings. The van der Waals surface area contributed by atoms with Gasteiger partial charge in [-0.15, -0.1) is 0 Å². The van der Waals surface area contributed by atoms with Gasteiger partial charge in [-0.25, -0.2) is 9.50 Å². The molecule has 0 aliphatic carbocycles. The maximum absolute atomic E-state index is 4.17. The van der Waals surface area contributed by atoms with Crippen LogP contribution in [0.25, 0.3) is 5.78 Å². The molecule has 14 heavy (non-hydrogen) atoms. The topological polar surface area (TPSA) is 55.1 Å². The Labute approximate surface area is 82.2 Å². The summed E-state index contributed by atoms with van der Waals surface area (Å²) in [7, 11) is 0. The summed E-state index contributed by atoms with van der Waals surface area (Å²) in [5, 5.41) is 7.34. The fraction of sp³-hybridized carbons (Fsp3) is 0.444. The number of nitrogens with one attached hydrogen (secondary N) is 1. The van der Waals surface area contributed by atoms with Crippen LogP contribution < -0.4 is 5.32 Å². The Hall–Kier alpha value is -1.49. The Morgan fingerprint density at radius 3 is 3.07 bits per heavy atom. The molecule has 0 aliphatic rings. The number of hydrogen-bond acceptors (Lipinski definition) is 4. The Kier molecular flexibility index (Phi) is 2.41. The van der Waals surface area contributed by atoms with Crippen LogP contribution >= 0.6 is 0 Å². The van der Waals surface area contributed by atoms with Crippen molar-refractivity contribution in [3.05, 3.63) is 24.3 Å². The third-order valence-corrected chi connectivity index (χ3v) is 1.90. The second-order valence-electron chi connectivity index (χ2n) is 3.50. The van der Waals surface area contributed by atoms with Crippen molar-refractivity contribution in [2.75, 3.05) is 0 Å². The number of nitrogens with zero attached hydrogens (tertiary/aromatic N) is 4. The molecule has 0 aromatic carbocycles. The Morgan fingerprint density at radius 2 is 2.29 bits per heavy atom. The van der Waals surface area contributed by atoms with Crippen LogP contribution in [0.2, 0.25) is 0 Å². The quantitative estimate of drug-likeness (QED) is 0.772. The van der Waals surface area contributed by atoms with E-state index in [9.17, 15) is 0 Å². The number of rotatable bonds is 3. The molecule has 2 aromatic heterocycles. The van der Waals surface area contributed by atoms with E-state index in [4.69, 9.17) is 0 Å². The van der Waals surface area contributed by atoms with Gasteiger partial charge < -0.3 is 5.32 Å². The van der Waals surface area contributed by atoms with Gasteiger partial charge in [-0.3, -0.25) is 0 Å². The third-order valence-electron chi connectivity index (χ3n) is 1.90. The van der Waals surface area contributed by atoms with Gasteiger partial charge in [0.1, 0.15) is 6.33 Å². The molecule has 0 saturated heterocycles. The molecular formula is C9H13N5. The average molecular weight is 191 g/mol. The zero-order valence-electron chi connectivity index (χ0n) is 8.31. The standard InChI is InChI=1S/C9H13N5/c1-7(2)10-3-8-4-11-9-12-6-13-14(9)5-8/h4-7,10H,3H2,1-2H3. The molecule has 0 saturated carbocycles. The first-order valence-corrected chi connectivity index (χ1v) is 4.63. The van der Waals surface area contributed by atoms with Crippen LogP contribution in [0.15, 0.2) is 18.7 Å². The molecule has 1 N–H and O–H groups in total. The van der Waals surface area contributed by atoms with Gasteiger partial charge in [-0.05, 0) is 0 Å². The van der Waals surface area contributed by atoms with E-state index in [1.54, 1.807) is 4.52 Å². The number of aromatic nitrogens is 4. The third kappa shape index (κ3) is 1.88. The van der Waals surface area contributed by atoms with Gasteiger partial charge in [0.15, 0.2) is 0 Å². The normalized spacial score (nSPS) is 11.4. The van der Waals surface area contributed by atoms with E-state index in [-0.39, 0.29) is 0 Å². The molecular weight excluding hydrogens is 178 g/mol. The lowest BCUT2D eigenvalue weighted by Gasteiger charge is -2.07. The van der Waals surface area contributed by atoms with Crippen molar-refractivity contribution >= 4 is 5.78 Å². The average Bonchev–Trinajstić information content (AvgIpc) is 2.61. The lowest BCUT2D eigenvalue weighted by atomic mass is 10.3. The van der Waals surface area contributed by atoms with Crippen LogP contribution in [0.1, 0.15) is 19.4 Å². The van der Waals surface area contributed by atoms with E-state index < -0.39 is 0 Å². The second kappa shape index (κ2) is 3.71. The van der Waals surface area contributed by atoms with Crippen LogP contribution in [-0.2, 0) is 6.54 Å². The van der Waals surface area contributed by atoms with Gasteiger partial charge in [-0.2, -0.15) is 10.1 Å².